The van der Waals surface area contributed by atoms with Gasteiger partial charge in [-0.15, -0.1) is 12.4 Å². The first-order chi connectivity index (χ1) is 14.5. The minimum absolute atomic E-state index is 0. The first-order valence-corrected chi connectivity index (χ1v) is 9.26. The third-order valence-electron chi connectivity index (χ3n) is 4.62. The van der Waals surface area contributed by atoms with E-state index in [1.165, 1.54) is 0 Å². The first-order valence-electron chi connectivity index (χ1n) is 9.26. The number of benzene rings is 2. The van der Waals surface area contributed by atoms with Gasteiger partial charge < -0.3 is 34.3 Å². The average Bonchev–Trinajstić information content (AvgIpc) is 2.77. The summed E-state index contributed by atoms with van der Waals surface area (Å²) in [5.74, 6) is 3.72. The van der Waals surface area contributed by atoms with Gasteiger partial charge in [-0.3, -0.25) is 0 Å². The molecular formula is C21H27ClN4O5. The van der Waals surface area contributed by atoms with Gasteiger partial charge in [-0.05, 0) is 18.2 Å². The van der Waals surface area contributed by atoms with Crippen molar-refractivity contribution in [2.75, 3.05) is 59.3 Å². The molecule has 3 aromatic rings. The fourth-order valence-electron chi connectivity index (χ4n) is 2.98. The minimum Gasteiger partial charge on any atom is -0.493 e. The van der Waals surface area contributed by atoms with E-state index in [1.54, 1.807) is 40.6 Å². The zero-order valence-electron chi connectivity index (χ0n) is 18.2. The maximum absolute atomic E-state index is 6.17. The summed E-state index contributed by atoms with van der Waals surface area (Å²) in [4.78, 5) is 10.9. The number of nitrogen functional groups attached to an aromatic ring is 1. The number of aromatic nitrogens is 2. The normalized spacial score (nSPS) is 10.2. The molecule has 0 saturated carbocycles. The van der Waals surface area contributed by atoms with Crippen LogP contribution in [0.4, 0.5) is 11.8 Å². The second kappa shape index (κ2) is 10.6. The Kier molecular flexibility index (Phi) is 8.21. The highest BCUT2D eigenvalue weighted by Gasteiger charge is 2.15. The van der Waals surface area contributed by atoms with Gasteiger partial charge in [-0.2, -0.15) is 4.98 Å². The lowest BCUT2D eigenvalue weighted by Gasteiger charge is -2.20. The molecule has 0 saturated heterocycles. The Morgan fingerprint density at radius 1 is 0.871 bits per heavy atom. The number of nitrogens with two attached hydrogens (primary N) is 1. The molecule has 31 heavy (non-hydrogen) atoms. The lowest BCUT2D eigenvalue weighted by molar-refractivity contribution is 0.280. The van der Waals surface area contributed by atoms with Crippen LogP contribution in [0.25, 0.3) is 10.9 Å². The van der Waals surface area contributed by atoms with Gasteiger partial charge in [0.1, 0.15) is 12.4 Å². The molecule has 1 heterocycles. The van der Waals surface area contributed by atoms with Crippen LogP contribution in [0.15, 0.2) is 30.3 Å². The Balaban J connectivity index is 0.00000341. The van der Waals surface area contributed by atoms with E-state index >= 15 is 0 Å². The number of nitrogens with zero attached hydrogens (tertiary/aromatic N) is 3. The summed E-state index contributed by atoms with van der Waals surface area (Å²) in [6, 6.07) is 9.02. The van der Waals surface area contributed by atoms with E-state index in [4.69, 9.17) is 29.4 Å². The van der Waals surface area contributed by atoms with Crippen molar-refractivity contribution >= 4 is 35.1 Å². The largest absolute Gasteiger partial charge is 0.493 e. The molecular weight excluding hydrogens is 424 g/mol. The predicted octanol–water partition coefficient (Wildman–Crippen LogP) is 3.18. The van der Waals surface area contributed by atoms with E-state index in [9.17, 15) is 0 Å². The molecule has 168 valence electrons. The van der Waals surface area contributed by atoms with E-state index < -0.39 is 0 Å². The van der Waals surface area contributed by atoms with Gasteiger partial charge in [0, 0.05) is 18.5 Å². The van der Waals surface area contributed by atoms with Crippen LogP contribution in [0.3, 0.4) is 0 Å². The molecule has 10 heteroatoms. The number of likely N-dealkylation sites (N-methyl/N-ethyl adjacent to an activating group) is 1. The fraction of sp³-hybridized carbons (Fsp3) is 0.333. The number of methoxy groups -OCH3 is 4. The summed E-state index contributed by atoms with van der Waals surface area (Å²) >= 11 is 0. The Bertz CT molecular complexity index is 1010. The van der Waals surface area contributed by atoms with Crippen LogP contribution in [-0.2, 0) is 0 Å². The number of halogens is 1. The van der Waals surface area contributed by atoms with Crippen molar-refractivity contribution in [3.63, 3.8) is 0 Å². The van der Waals surface area contributed by atoms with Crippen LogP contribution >= 0.6 is 12.4 Å². The smallest absolute Gasteiger partial charge is 0.227 e. The van der Waals surface area contributed by atoms with Crippen molar-refractivity contribution < 1.29 is 23.7 Å². The van der Waals surface area contributed by atoms with Crippen molar-refractivity contribution in [3.8, 4) is 28.7 Å². The van der Waals surface area contributed by atoms with E-state index in [1.807, 2.05) is 30.1 Å². The summed E-state index contributed by atoms with van der Waals surface area (Å²) < 4.78 is 27.3. The van der Waals surface area contributed by atoms with Crippen molar-refractivity contribution in [1.82, 2.24) is 9.97 Å². The topological polar surface area (TPSA) is 101 Å². The molecule has 0 aliphatic heterocycles. The molecule has 0 radical (unpaired) electrons. The molecule has 0 bridgehead atoms. The molecule has 2 N–H and O–H groups in total. The lowest BCUT2D eigenvalue weighted by Crippen LogP contribution is -2.26. The third-order valence-corrected chi connectivity index (χ3v) is 4.62. The van der Waals surface area contributed by atoms with Gasteiger partial charge in [-0.25, -0.2) is 4.98 Å². The number of rotatable bonds is 9. The molecule has 0 unspecified atom stereocenters. The number of ether oxygens (including phenoxy) is 5. The number of hydrogen-bond donors (Lipinski definition) is 1. The Morgan fingerprint density at radius 3 is 2.03 bits per heavy atom. The third kappa shape index (κ3) is 5.05. The first kappa shape index (κ1) is 23.9. The summed E-state index contributed by atoms with van der Waals surface area (Å²) in [6.07, 6.45) is 0. The van der Waals surface area contributed by atoms with Gasteiger partial charge >= 0.3 is 0 Å². The zero-order valence-corrected chi connectivity index (χ0v) is 19.0. The van der Waals surface area contributed by atoms with Crippen molar-refractivity contribution in [2.24, 2.45) is 0 Å². The van der Waals surface area contributed by atoms with Crippen LogP contribution < -0.4 is 34.3 Å². The standard InChI is InChI=1S/C21H26N4O5.ClH/c1-25(9-10-30-19-15(26-2)7-6-8-16(19)27-3)21-23-14-12-18(29-5)17(28-4)11-13(14)20(22)24-21;/h6-8,11-12H,9-10H2,1-5H3,(H2,22,23,24);1H. The van der Waals surface area contributed by atoms with Crippen LogP contribution in [-0.4, -0.2) is 58.6 Å². The molecule has 0 fully saturated rings. The Hall–Kier alpha value is -3.33. The number of anilines is 2. The quantitative estimate of drug-likeness (QED) is 0.526. The maximum atomic E-state index is 6.17. The molecule has 1 aromatic heterocycles. The van der Waals surface area contributed by atoms with Crippen LogP contribution in [0.5, 0.6) is 28.7 Å². The van der Waals surface area contributed by atoms with Crippen LogP contribution in [0, 0.1) is 0 Å². The molecule has 2 aromatic carbocycles. The highest BCUT2D eigenvalue weighted by molar-refractivity contribution is 5.91. The molecule has 0 amide bonds. The zero-order chi connectivity index (χ0) is 21.7. The molecule has 9 nitrogen and oxygen atoms in total. The summed E-state index contributed by atoms with van der Waals surface area (Å²) in [5.41, 5.74) is 6.83. The molecule has 0 atom stereocenters. The maximum Gasteiger partial charge on any atom is 0.227 e. The predicted molar refractivity (Wildman–Crippen MR) is 123 cm³/mol. The van der Waals surface area contributed by atoms with Gasteiger partial charge in [0.2, 0.25) is 11.7 Å². The summed E-state index contributed by atoms with van der Waals surface area (Å²) in [6.45, 7) is 0.875. The SMILES string of the molecule is COc1cc2nc(N(C)CCOc3c(OC)cccc3OC)nc(N)c2cc1OC.Cl. The molecule has 0 spiro atoms. The van der Waals surface area contributed by atoms with Gasteiger partial charge in [0.25, 0.3) is 0 Å². The van der Waals surface area contributed by atoms with Gasteiger partial charge in [0.15, 0.2) is 23.0 Å². The second-order valence-electron chi connectivity index (χ2n) is 6.39. The fourth-order valence-corrected chi connectivity index (χ4v) is 2.98. The van der Waals surface area contributed by atoms with E-state index in [-0.39, 0.29) is 12.4 Å². The summed E-state index contributed by atoms with van der Waals surface area (Å²) in [5, 5.41) is 0.694. The van der Waals surface area contributed by atoms with Crippen LogP contribution in [0.2, 0.25) is 0 Å². The highest BCUT2D eigenvalue weighted by atomic mass is 35.5. The monoisotopic (exact) mass is 450 g/mol. The molecule has 0 aliphatic carbocycles. The molecule has 0 aliphatic rings. The van der Waals surface area contributed by atoms with E-state index in [0.717, 1.165) is 0 Å². The van der Waals surface area contributed by atoms with Crippen molar-refractivity contribution in [2.45, 2.75) is 0 Å². The highest BCUT2D eigenvalue weighted by Crippen LogP contribution is 2.37. The number of hydrogen-bond acceptors (Lipinski definition) is 9. The van der Waals surface area contributed by atoms with E-state index in [0.29, 0.717) is 64.6 Å². The summed E-state index contributed by atoms with van der Waals surface area (Å²) in [7, 11) is 8.18. The van der Waals surface area contributed by atoms with Gasteiger partial charge in [0.05, 0.1) is 40.5 Å². The second-order valence-corrected chi connectivity index (χ2v) is 6.39. The Morgan fingerprint density at radius 2 is 1.45 bits per heavy atom. The van der Waals surface area contributed by atoms with E-state index in [2.05, 4.69) is 9.97 Å². The number of para-hydroxylation sites is 1. The lowest BCUT2D eigenvalue weighted by atomic mass is 10.2. The Labute approximate surface area is 187 Å². The van der Waals surface area contributed by atoms with Gasteiger partial charge in [-0.1, -0.05) is 6.07 Å². The van der Waals surface area contributed by atoms with Crippen molar-refractivity contribution in [1.29, 1.82) is 0 Å². The van der Waals surface area contributed by atoms with Crippen molar-refractivity contribution in [3.05, 3.63) is 30.3 Å². The number of fused-ring (bicyclic) bond motifs is 1. The molecule has 3 rings (SSSR count). The average molecular weight is 451 g/mol. The van der Waals surface area contributed by atoms with Crippen LogP contribution in [0.1, 0.15) is 0 Å². The minimum atomic E-state index is 0.